The number of anilines is 1. The predicted molar refractivity (Wildman–Crippen MR) is 76.7 cm³/mol. The van der Waals surface area contributed by atoms with Gasteiger partial charge in [-0.2, -0.15) is 0 Å². The third-order valence-electron chi connectivity index (χ3n) is 3.64. The summed E-state index contributed by atoms with van der Waals surface area (Å²) in [6.45, 7) is 3.10. The number of rotatable bonds is 4. The van der Waals surface area contributed by atoms with E-state index in [4.69, 9.17) is 5.14 Å². The zero-order valence-corrected chi connectivity index (χ0v) is 12.0. The zero-order valence-electron chi connectivity index (χ0n) is 11.2. The summed E-state index contributed by atoms with van der Waals surface area (Å²) >= 11 is 0. The molecule has 1 heterocycles. The van der Waals surface area contributed by atoms with E-state index >= 15 is 0 Å². The molecule has 0 spiro atoms. The van der Waals surface area contributed by atoms with E-state index in [1.807, 2.05) is 19.2 Å². The minimum atomic E-state index is -3.59. The highest BCUT2D eigenvalue weighted by Crippen LogP contribution is 2.23. The van der Waals surface area contributed by atoms with Crippen molar-refractivity contribution in [3.8, 4) is 0 Å². The fourth-order valence-corrected chi connectivity index (χ4v) is 3.05. The molecule has 5 nitrogen and oxygen atoms in total. The van der Waals surface area contributed by atoms with Crippen molar-refractivity contribution in [1.82, 2.24) is 5.32 Å². The van der Waals surface area contributed by atoms with Gasteiger partial charge in [0.1, 0.15) is 0 Å². The lowest BCUT2D eigenvalue weighted by Gasteiger charge is -2.33. The van der Waals surface area contributed by atoms with Crippen LogP contribution < -0.4 is 15.4 Å². The lowest BCUT2D eigenvalue weighted by atomic mass is 9.96. The maximum absolute atomic E-state index is 11.2. The van der Waals surface area contributed by atoms with Gasteiger partial charge >= 0.3 is 0 Å². The quantitative estimate of drug-likeness (QED) is 0.856. The zero-order chi connectivity index (χ0) is 13.9. The Kier molecular flexibility index (Phi) is 4.44. The normalized spacial score (nSPS) is 17.7. The number of piperidine rings is 1. The Bertz CT molecular complexity index is 505. The van der Waals surface area contributed by atoms with E-state index in [1.165, 1.54) is 0 Å². The molecular formula is C13H21N3O2S. The van der Waals surface area contributed by atoms with Gasteiger partial charge < -0.3 is 10.2 Å². The van der Waals surface area contributed by atoms with Crippen molar-refractivity contribution in [1.29, 1.82) is 0 Å². The summed E-state index contributed by atoms with van der Waals surface area (Å²) in [7, 11) is -1.61. The number of hydrogen-bond acceptors (Lipinski definition) is 4. The lowest BCUT2D eigenvalue weighted by Crippen LogP contribution is -2.36. The van der Waals surface area contributed by atoms with Crippen LogP contribution in [-0.2, 0) is 10.0 Å². The summed E-state index contributed by atoms with van der Waals surface area (Å²) in [6, 6.07) is 6.81. The number of benzene rings is 1. The van der Waals surface area contributed by atoms with Crippen LogP contribution in [0, 0.1) is 5.92 Å². The van der Waals surface area contributed by atoms with E-state index in [2.05, 4.69) is 10.2 Å². The van der Waals surface area contributed by atoms with Gasteiger partial charge in [-0.1, -0.05) is 0 Å². The summed E-state index contributed by atoms with van der Waals surface area (Å²) in [5.41, 5.74) is 1.07. The minimum absolute atomic E-state index is 0.168. The van der Waals surface area contributed by atoms with Crippen molar-refractivity contribution >= 4 is 15.7 Å². The Hall–Kier alpha value is -1.11. The highest BCUT2D eigenvalue weighted by Gasteiger charge is 2.19. The summed E-state index contributed by atoms with van der Waals surface area (Å²) in [5, 5.41) is 8.31. The molecule has 1 aromatic carbocycles. The molecule has 1 aromatic rings. The molecule has 0 saturated carbocycles. The van der Waals surface area contributed by atoms with Crippen LogP contribution in [0.4, 0.5) is 5.69 Å². The minimum Gasteiger partial charge on any atom is -0.372 e. The molecule has 0 radical (unpaired) electrons. The molecule has 106 valence electrons. The van der Waals surface area contributed by atoms with Gasteiger partial charge in [0.2, 0.25) is 10.0 Å². The second-order valence-electron chi connectivity index (χ2n) is 5.03. The predicted octanol–water partition coefficient (Wildman–Crippen LogP) is 0.770. The Morgan fingerprint density at radius 1 is 1.26 bits per heavy atom. The Balaban J connectivity index is 2.00. The number of primary sulfonamides is 1. The average molecular weight is 283 g/mol. The van der Waals surface area contributed by atoms with Crippen molar-refractivity contribution in [3.05, 3.63) is 24.3 Å². The Labute approximate surface area is 114 Å². The molecule has 0 amide bonds. The van der Waals surface area contributed by atoms with Crippen molar-refractivity contribution in [2.24, 2.45) is 11.1 Å². The maximum atomic E-state index is 11.2. The van der Waals surface area contributed by atoms with Crippen molar-refractivity contribution in [2.45, 2.75) is 17.7 Å². The fraction of sp³-hybridized carbons (Fsp3) is 0.538. The van der Waals surface area contributed by atoms with E-state index < -0.39 is 10.0 Å². The monoisotopic (exact) mass is 283 g/mol. The second-order valence-corrected chi connectivity index (χ2v) is 6.59. The molecule has 1 saturated heterocycles. The summed E-state index contributed by atoms with van der Waals surface area (Å²) < 4.78 is 22.4. The molecule has 1 aliphatic rings. The molecular weight excluding hydrogens is 262 g/mol. The third kappa shape index (κ3) is 3.68. The van der Waals surface area contributed by atoms with Gasteiger partial charge in [-0.25, -0.2) is 13.6 Å². The first-order valence-electron chi connectivity index (χ1n) is 6.53. The molecule has 0 atom stereocenters. The van der Waals surface area contributed by atoms with Crippen LogP contribution in [0.5, 0.6) is 0 Å². The molecule has 1 fully saturated rings. The fourth-order valence-electron chi connectivity index (χ4n) is 2.53. The number of nitrogens with one attached hydrogen (secondary N) is 1. The molecule has 0 aliphatic carbocycles. The first-order valence-corrected chi connectivity index (χ1v) is 8.08. The summed E-state index contributed by atoms with van der Waals surface area (Å²) in [6.07, 6.45) is 2.33. The van der Waals surface area contributed by atoms with E-state index in [1.54, 1.807) is 12.1 Å². The maximum Gasteiger partial charge on any atom is 0.238 e. The second kappa shape index (κ2) is 5.90. The van der Waals surface area contributed by atoms with Crippen molar-refractivity contribution in [2.75, 3.05) is 31.6 Å². The van der Waals surface area contributed by atoms with Gasteiger partial charge in [0.05, 0.1) is 4.90 Å². The van der Waals surface area contributed by atoms with Crippen LogP contribution in [0.25, 0.3) is 0 Å². The van der Waals surface area contributed by atoms with Crippen LogP contribution in [0.1, 0.15) is 12.8 Å². The lowest BCUT2D eigenvalue weighted by molar-refractivity contribution is 0.393. The first-order chi connectivity index (χ1) is 9.00. The Morgan fingerprint density at radius 2 is 1.84 bits per heavy atom. The van der Waals surface area contributed by atoms with Gasteiger partial charge in [-0.15, -0.1) is 0 Å². The Morgan fingerprint density at radius 3 is 2.32 bits per heavy atom. The van der Waals surface area contributed by atoms with Gasteiger partial charge in [0.25, 0.3) is 0 Å². The third-order valence-corrected chi connectivity index (χ3v) is 4.57. The number of nitrogens with zero attached hydrogens (tertiary/aromatic N) is 1. The molecule has 19 heavy (non-hydrogen) atoms. The van der Waals surface area contributed by atoms with Crippen LogP contribution >= 0.6 is 0 Å². The molecule has 2 rings (SSSR count). The van der Waals surface area contributed by atoms with E-state index in [9.17, 15) is 8.42 Å². The number of hydrogen-bond donors (Lipinski definition) is 2. The van der Waals surface area contributed by atoms with Crippen LogP contribution in [0.15, 0.2) is 29.2 Å². The summed E-state index contributed by atoms with van der Waals surface area (Å²) in [5.74, 6) is 0.741. The number of sulfonamides is 1. The van der Waals surface area contributed by atoms with Crippen molar-refractivity contribution < 1.29 is 8.42 Å². The van der Waals surface area contributed by atoms with Gasteiger partial charge in [0.15, 0.2) is 0 Å². The highest BCUT2D eigenvalue weighted by molar-refractivity contribution is 7.89. The van der Waals surface area contributed by atoms with Crippen molar-refractivity contribution in [3.63, 3.8) is 0 Å². The van der Waals surface area contributed by atoms with E-state index in [0.717, 1.165) is 44.1 Å². The molecule has 6 heteroatoms. The van der Waals surface area contributed by atoms with E-state index in [0.29, 0.717) is 0 Å². The van der Waals surface area contributed by atoms with E-state index in [-0.39, 0.29) is 4.90 Å². The number of nitrogens with two attached hydrogens (primary N) is 1. The highest BCUT2D eigenvalue weighted by atomic mass is 32.2. The molecule has 0 bridgehead atoms. The smallest absolute Gasteiger partial charge is 0.238 e. The first kappa shape index (κ1) is 14.3. The molecule has 0 unspecified atom stereocenters. The largest absolute Gasteiger partial charge is 0.372 e. The SMILES string of the molecule is CNCC1CCN(c2ccc(S(N)(=O)=O)cc2)CC1. The molecule has 0 aromatic heterocycles. The molecule has 3 N–H and O–H groups in total. The topological polar surface area (TPSA) is 75.4 Å². The standard InChI is InChI=1S/C13H21N3O2S/c1-15-10-11-6-8-16(9-7-11)12-2-4-13(5-3-12)19(14,17)18/h2-5,11,15H,6-10H2,1H3,(H2,14,17,18). The van der Waals surface area contributed by atoms with Crippen LogP contribution in [0.2, 0.25) is 0 Å². The van der Waals surface area contributed by atoms with Crippen LogP contribution in [0.3, 0.4) is 0 Å². The van der Waals surface area contributed by atoms with Gasteiger partial charge in [-0.3, -0.25) is 0 Å². The molecule has 1 aliphatic heterocycles. The van der Waals surface area contributed by atoms with Gasteiger partial charge in [0, 0.05) is 18.8 Å². The summed E-state index contributed by atoms with van der Waals surface area (Å²) in [4.78, 5) is 2.46. The average Bonchev–Trinajstić information content (AvgIpc) is 2.39. The van der Waals surface area contributed by atoms with Gasteiger partial charge in [-0.05, 0) is 56.6 Å². The van der Waals surface area contributed by atoms with Crippen LogP contribution in [-0.4, -0.2) is 35.1 Å².